The first-order valence-electron chi connectivity index (χ1n) is 4.94. The summed E-state index contributed by atoms with van der Waals surface area (Å²) in [6.07, 6.45) is 0. The van der Waals surface area contributed by atoms with E-state index in [2.05, 4.69) is 0 Å². The fourth-order valence-electron chi connectivity index (χ4n) is 1.58. The van der Waals surface area contributed by atoms with Crippen LogP contribution in [-0.4, -0.2) is 4.57 Å². The third-order valence-corrected chi connectivity index (χ3v) is 3.28. The van der Waals surface area contributed by atoms with Gasteiger partial charge in [-0.05, 0) is 30.7 Å². The molecule has 2 aromatic rings. The van der Waals surface area contributed by atoms with Gasteiger partial charge < -0.3 is 0 Å². The third-order valence-electron chi connectivity index (χ3n) is 2.40. The van der Waals surface area contributed by atoms with Crippen molar-refractivity contribution in [2.24, 2.45) is 0 Å². The number of nitrogens with zero attached hydrogens (tertiary/aromatic N) is 2. The predicted molar refractivity (Wildman–Crippen MR) is 63.5 cm³/mol. The van der Waals surface area contributed by atoms with E-state index in [0.29, 0.717) is 12.1 Å². The molecule has 0 fully saturated rings. The maximum atomic E-state index is 13.2. The molecule has 1 aromatic carbocycles. The van der Waals surface area contributed by atoms with Gasteiger partial charge in [-0.2, -0.15) is 5.26 Å². The number of thiazole rings is 1. The lowest BCUT2D eigenvalue weighted by Gasteiger charge is -2.05. The van der Waals surface area contributed by atoms with Crippen LogP contribution in [0.1, 0.15) is 16.8 Å². The van der Waals surface area contributed by atoms with Crippen LogP contribution in [0.2, 0.25) is 0 Å². The first-order chi connectivity index (χ1) is 8.10. The van der Waals surface area contributed by atoms with Crippen LogP contribution in [0, 0.1) is 24.1 Å². The molecule has 0 unspecified atom stereocenters. The molecule has 0 aliphatic heterocycles. The van der Waals surface area contributed by atoms with Gasteiger partial charge in [0.25, 0.3) is 0 Å². The smallest absolute Gasteiger partial charge is 0.299 e. The lowest BCUT2D eigenvalue weighted by Crippen LogP contribution is -2.15. The van der Waals surface area contributed by atoms with Gasteiger partial charge in [-0.15, -0.1) is 0 Å². The standard InChI is InChI=1S/C12H9FN2OS/c1-8-7-17-12(16)15(8)6-10-2-9(5-14)3-11(13)4-10/h2-4,7H,6H2,1H3. The van der Waals surface area contributed by atoms with Crippen molar-refractivity contribution in [1.29, 1.82) is 5.26 Å². The highest BCUT2D eigenvalue weighted by molar-refractivity contribution is 7.07. The number of hydrogen-bond donors (Lipinski definition) is 0. The third kappa shape index (κ3) is 2.43. The van der Waals surface area contributed by atoms with Gasteiger partial charge in [0, 0.05) is 11.1 Å². The zero-order chi connectivity index (χ0) is 12.4. The summed E-state index contributed by atoms with van der Waals surface area (Å²) < 4.78 is 14.8. The van der Waals surface area contributed by atoms with E-state index in [0.717, 1.165) is 17.0 Å². The highest BCUT2D eigenvalue weighted by Gasteiger charge is 2.06. The lowest BCUT2D eigenvalue weighted by atomic mass is 10.1. The Morgan fingerprint density at radius 2 is 2.24 bits per heavy atom. The monoisotopic (exact) mass is 248 g/mol. The second-order valence-corrected chi connectivity index (χ2v) is 4.51. The minimum Gasteiger partial charge on any atom is -0.299 e. The Morgan fingerprint density at radius 1 is 1.47 bits per heavy atom. The van der Waals surface area contributed by atoms with Crippen molar-refractivity contribution in [2.45, 2.75) is 13.5 Å². The van der Waals surface area contributed by atoms with E-state index >= 15 is 0 Å². The molecule has 2 rings (SSSR count). The number of rotatable bonds is 2. The molecule has 86 valence electrons. The first kappa shape index (κ1) is 11.6. The van der Waals surface area contributed by atoms with Gasteiger partial charge in [0.05, 0.1) is 18.2 Å². The van der Waals surface area contributed by atoms with E-state index in [1.54, 1.807) is 16.0 Å². The van der Waals surface area contributed by atoms with E-state index in [1.807, 2.05) is 13.0 Å². The van der Waals surface area contributed by atoms with Crippen molar-refractivity contribution >= 4 is 11.3 Å². The number of hydrogen-bond acceptors (Lipinski definition) is 3. The minimum atomic E-state index is -0.458. The molecule has 0 N–H and O–H groups in total. The summed E-state index contributed by atoms with van der Waals surface area (Å²) in [7, 11) is 0. The lowest BCUT2D eigenvalue weighted by molar-refractivity contribution is 0.622. The Bertz CT molecular complexity index is 651. The zero-order valence-electron chi connectivity index (χ0n) is 9.11. The summed E-state index contributed by atoms with van der Waals surface area (Å²) in [5.41, 5.74) is 1.72. The summed E-state index contributed by atoms with van der Waals surface area (Å²) in [6, 6.07) is 5.99. The molecule has 0 aliphatic rings. The molecule has 0 amide bonds. The van der Waals surface area contributed by atoms with Crippen LogP contribution in [0.3, 0.4) is 0 Å². The van der Waals surface area contributed by atoms with Gasteiger partial charge in [0.2, 0.25) is 0 Å². The summed E-state index contributed by atoms with van der Waals surface area (Å²) in [4.78, 5) is 11.4. The van der Waals surface area contributed by atoms with E-state index in [9.17, 15) is 9.18 Å². The molecule has 0 bridgehead atoms. The quantitative estimate of drug-likeness (QED) is 0.818. The molecule has 17 heavy (non-hydrogen) atoms. The Labute approximate surface area is 101 Å². The Balaban J connectivity index is 2.40. The molecule has 0 spiro atoms. The summed E-state index contributed by atoms with van der Waals surface area (Å²) in [6.45, 7) is 2.11. The van der Waals surface area contributed by atoms with Crippen molar-refractivity contribution in [3.63, 3.8) is 0 Å². The van der Waals surface area contributed by atoms with E-state index in [1.165, 1.54) is 12.1 Å². The van der Waals surface area contributed by atoms with Gasteiger partial charge in [-0.1, -0.05) is 11.3 Å². The van der Waals surface area contributed by atoms with Crippen LogP contribution in [0.5, 0.6) is 0 Å². The molecule has 0 aliphatic carbocycles. The Morgan fingerprint density at radius 3 is 2.82 bits per heavy atom. The van der Waals surface area contributed by atoms with Crippen molar-refractivity contribution < 1.29 is 4.39 Å². The van der Waals surface area contributed by atoms with Gasteiger partial charge in [-0.25, -0.2) is 4.39 Å². The molecule has 1 aromatic heterocycles. The minimum absolute atomic E-state index is 0.0785. The SMILES string of the molecule is Cc1csc(=O)n1Cc1cc(F)cc(C#N)c1. The van der Waals surface area contributed by atoms with Crippen LogP contribution in [-0.2, 0) is 6.54 Å². The maximum Gasteiger partial charge on any atom is 0.307 e. The highest BCUT2D eigenvalue weighted by atomic mass is 32.1. The molecule has 0 saturated carbocycles. The molecular formula is C12H9FN2OS. The van der Waals surface area contributed by atoms with Crippen molar-refractivity contribution in [2.75, 3.05) is 0 Å². The molecule has 0 saturated heterocycles. The maximum absolute atomic E-state index is 13.2. The summed E-state index contributed by atoms with van der Waals surface area (Å²) in [5, 5.41) is 10.5. The zero-order valence-corrected chi connectivity index (χ0v) is 9.92. The van der Waals surface area contributed by atoms with Crippen LogP contribution >= 0.6 is 11.3 Å². The molecule has 0 radical (unpaired) electrons. The summed E-state index contributed by atoms with van der Waals surface area (Å²) in [5.74, 6) is -0.458. The van der Waals surface area contributed by atoms with Crippen molar-refractivity contribution in [3.8, 4) is 6.07 Å². The van der Waals surface area contributed by atoms with Crippen LogP contribution in [0.4, 0.5) is 4.39 Å². The number of benzene rings is 1. The van der Waals surface area contributed by atoms with Crippen molar-refractivity contribution in [1.82, 2.24) is 4.57 Å². The largest absolute Gasteiger partial charge is 0.307 e. The van der Waals surface area contributed by atoms with E-state index < -0.39 is 5.82 Å². The predicted octanol–water partition coefficient (Wildman–Crippen LogP) is 2.28. The van der Waals surface area contributed by atoms with Gasteiger partial charge in [0.15, 0.2) is 0 Å². The normalized spacial score (nSPS) is 10.2. The highest BCUT2D eigenvalue weighted by Crippen LogP contribution is 2.11. The fraction of sp³-hybridized carbons (Fsp3) is 0.167. The van der Waals surface area contributed by atoms with Crippen LogP contribution < -0.4 is 4.87 Å². The molecule has 1 heterocycles. The molecule has 3 nitrogen and oxygen atoms in total. The summed E-state index contributed by atoms with van der Waals surface area (Å²) >= 11 is 1.11. The second kappa shape index (κ2) is 4.52. The second-order valence-electron chi connectivity index (χ2n) is 3.69. The number of halogens is 1. The Kier molecular flexibility index (Phi) is 3.07. The topological polar surface area (TPSA) is 45.8 Å². The van der Waals surface area contributed by atoms with Gasteiger partial charge in [-0.3, -0.25) is 9.36 Å². The molecular weight excluding hydrogens is 239 g/mol. The first-order valence-corrected chi connectivity index (χ1v) is 5.82. The average Bonchev–Trinajstić information content (AvgIpc) is 2.60. The van der Waals surface area contributed by atoms with Gasteiger partial charge in [0.1, 0.15) is 5.82 Å². The number of aryl methyl sites for hydroxylation is 1. The Hall–Kier alpha value is -1.93. The molecule has 5 heteroatoms. The number of nitriles is 1. The average molecular weight is 248 g/mol. The van der Waals surface area contributed by atoms with E-state index in [4.69, 9.17) is 5.26 Å². The van der Waals surface area contributed by atoms with Crippen molar-refractivity contribution in [3.05, 3.63) is 55.9 Å². The van der Waals surface area contributed by atoms with Crippen LogP contribution in [0.25, 0.3) is 0 Å². The fourth-order valence-corrected chi connectivity index (χ4v) is 2.32. The number of aromatic nitrogens is 1. The van der Waals surface area contributed by atoms with Gasteiger partial charge >= 0.3 is 4.87 Å². The van der Waals surface area contributed by atoms with E-state index in [-0.39, 0.29) is 10.4 Å². The van der Waals surface area contributed by atoms with Crippen LogP contribution in [0.15, 0.2) is 28.4 Å². The molecule has 0 atom stereocenters.